The molecule has 194 valence electrons. The smallest absolute Gasteiger partial charge is 0.137 e. The molecule has 0 amide bonds. The number of hydrogen-bond acceptors (Lipinski definition) is 6. The Balaban J connectivity index is -0.0000000353. The second kappa shape index (κ2) is 89.6. The fraction of sp³-hybridized carbons (Fsp3) is 0.680. The predicted molar refractivity (Wildman–Crippen MR) is 141 cm³/mol. The molecule has 1 aromatic rings. The monoisotopic (exact) mass is 461 g/mol. The van der Waals surface area contributed by atoms with Crippen molar-refractivity contribution >= 4 is 24.6 Å². The zero-order valence-corrected chi connectivity index (χ0v) is 23.6. The Labute approximate surface area is 199 Å². The van der Waals surface area contributed by atoms with Gasteiger partial charge in [-0.2, -0.15) is 5.10 Å². The van der Waals surface area contributed by atoms with Crippen molar-refractivity contribution < 1.29 is 19.2 Å². The van der Waals surface area contributed by atoms with Gasteiger partial charge in [-0.25, -0.2) is 4.98 Å². The van der Waals surface area contributed by atoms with Crippen molar-refractivity contribution in [2.75, 3.05) is 0 Å². The Morgan fingerprint density at radius 3 is 1.22 bits per heavy atom. The summed E-state index contributed by atoms with van der Waals surface area (Å²) in [6.07, 6.45) is 10.7. The van der Waals surface area contributed by atoms with E-state index >= 15 is 0 Å². The predicted octanol–water partition coefficient (Wildman–Crippen LogP) is 7.02. The van der Waals surface area contributed by atoms with Crippen molar-refractivity contribution in [1.29, 1.82) is 0 Å². The van der Waals surface area contributed by atoms with Gasteiger partial charge in [0.15, 0.2) is 0 Å². The number of rotatable bonds is 3. The molecule has 1 aromatic heterocycles. The van der Waals surface area contributed by atoms with Crippen LogP contribution in [0.3, 0.4) is 0 Å². The molecule has 0 aliphatic rings. The van der Waals surface area contributed by atoms with E-state index in [0.717, 1.165) is 37.5 Å². The molecule has 0 fully saturated rings. The number of aldehydes is 3. The van der Waals surface area contributed by atoms with Gasteiger partial charge in [-0.3, -0.25) is 5.10 Å². The number of H-pyrrole nitrogens is 1. The minimum Gasteiger partial charge on any atom is -0.304 e. The summed E-state index contributed by atoms with van der Waals surface area (Å²) in [5, 5.41) is 6.38. The molecule has 0 radical (unpaired) electrons. The van der Waals surface area contributed by atoms with Gasteiger partial charge in [0.05, 0.1) is 0 Å². The van der Waals surface area contributed by atoms with Crippen LogP contribution in [0.1, 0.15) is 116 Å². The highest BCUT2D eigenvalue weighted by Gasteiger charge is 1.84. The summed E-state index contributed by atoms with van der Waals surface area (Å²) in [6, 6.07) is 0. The molecule has 32 heavy (non-hydrogen) atoms. The number of nitrogens with one attached hydrogen (secondary N) is 1. The van der Waals surface area contributed by atoms with Crippen LogP contribution in [-0.2, 0) is 25.6 Å². The summed E-state index contributed by atoms with van der Waals surface area (Å²) in [4.78, 5) is 40.1. The first-order valence-corrected chi connectivity index (χ1v) is 11.5. The van der Waals surface area contributed by atoms with Crippen molar-refractivity contribution in [1.82, 2.24) is 15.2 Å². The van der Waals surface area contributed by atoms with Crippen molar-refractivity contribution in [3.63, 3.8) is 0 Å². The number of aromatic amines is 1. The van der Waals surface area contributed by atoms with Crippen molar-refractivity contribution in [2.24, 2.45) is 0 Å². The first-order valence-electron chi connectivity index (χ1n) is 11.5. The molecule has 0 aromatic carbocycles. The molecule has 1 rings (SSSR count). The van der Waals surface area contributed by atoms with E-state index in [1.807, 2.05) is 62.3 Å². The van der Waals surface area contributed by atoms with Crippen LogP contribution in [0, 0.1) is 0 Å². The Kier molecular flexibility index (Phi) is 145. The first kappa shape index (κ1) is 51.9. The summed E-state index contributed by atoms with van der Waals surface area (Å²) in [5.74, 6) is 1.20. The van der Waals surface area contributed by atoms with Crippen LogP contribution in [0.4, 0.5) is 0 Å². The van der Waals surface area contributed by atoms with Crippen molar-refractivity contribution in [2.45, 2.75) is 116 Å². The molecule has 0 aliphatic carbocycles. The van der Waals surface area contributed by atoms with E-state index in [4.69, 9.17) is 14.4 Å². The van der Waals surface area contributed by atoms with E-state index in [-0.39, 0.29) is 5.78 Å². The number of carbonyl (C=O) groups excluding carboxylic acids is 4. The van der Waals surface area contributed by atoms with E-state index in [9.17, 15) is 4.79 Å². The summed E-state index contributed by atoms with van der Waals surface area (Å²) in [5.41, 5.74) is 0. The maximum absolute atomic E-state index is 9.81. The van der Waals surface area contributed by atoms with Crippen LogP contribution in [0.15, 0.2) is 18.5 Å². The Morgan fingerprint density at radius 2 is 1.16 bits per heavy atom. The van der Waals surface area contributed by atoms with Gasteiger partial charge in [-0.15, -0.1) is 0 Å². The molecule has 0 aliphatic heterocycles. The topological polar surface area (TPSA) is 110 Å². The quantitative estimate of drug-likeness (QED) is 0.382. The average Bonchev–Trinajstić information content (AvgIpc) is 3.35. The third kappa shape index (κ3) is 174. The summed E-state index contributed by atoms with van der Waals surface area (Å²) in [7, 11) is 0. The highest BCUT2D eigenvalue weighted by atomic mass is 16.1. The van der Waals surface area contributed by atoms with Gasteiger partial charge in [-0.05, 0) is 41.0 Å². The fourth-order valence-corrected chi connectivity index (χ4v) is 0.637. The lowest BCUT2D eigenvalue weighted by Gasteiger charge is -1.77. The number of ketones is 1. The number of hydrogen-bond donors (Lipinski definition) is 1. The van der Waals surface area contributed by atoms with Gasteiger partial charge in [0, 0.05) is 12.8 Å². The van der Waals surface area contributed by atoms with Crippen LogP contribution in [0.5, 0.6) is 0 Å². The van der Waals surface area contributed by atoms with Gasteiger partial charge in [0.1, 0.15) is 36.8 Å². The van der Waals surface area contributed by atoms with E-state index in [0.29, 0.717) is 6.42 Å². The minimum absolute atomic E-state index is 0.255. The third-order valence-electron chi connectivity index (χ3n) is 1.77. The molecule has 0 bridgehead atoms. The number of aromatic nitrogens is 3. The van der Waals surface area contributed by atoms with Gasteiger partial charge < -0.3 is 19.2 Å². The zero-order valence-electron chi connectivity index (χ0n) is 23.6. The van der Waals surface area contributed by atoms with Crippen LogP contribution < -0.4 is 0 Å². The van der Waals surface area contributed by atoms with E-state index in [2.05, 4.69) is 34.3 Å². The number of Topliss-reactive ketones (excluding diaryl/α,β-unsaturated/α-hetero) is 1. The lowest BCUT2D eigenvalue weighted by molar-refractivity contribution is -0.116. The molecule has 7 heteroatoms. The zero-order chi connectivity index (χ0) is 27.6. The Bertz CT molecular complexity index is 391. The van der Waals surface area contributed by atoms with Crippen molar-refractivity contribution in [3.8, 4) is 0 Å². The largest absolute Gasteiger partial charge is 0.304 e. The maximum Gasteiger partial charge on any atom is 0.137 e. The van der Waals surface area contributed by atoms with E-state index < -0.39 is 0 Å². The standard InChI is InChI=1S/C5H10.C4H7N3.C4H8O.3C2H4O.3C2H6/c1-3-5-4-2;1-2-4-5-3-6-7-4;1-3-4(2)5;3*1-2-3;3*1-2/h3,5H,4H2,1-2H3;3H,2H2,1H3,(H,5,6,7);3H2,1-2H3;3*2H,1H3;3*1-2H3. The summed E-state index contributed by atoms with van der Waals surface area (Å²) >= 11 is 0. The van der Waals surface area contributed by atoms with E-state index in [1.54, 1.807) is 6.92 Å². The minimum atomic E-state index is 0.255. The van der Waals surface area contributed by atoms with Crippen LogP contribution in [0.25, 0.3) is 0 Å². The molecule has 1 N–H and O–H groups in total. The van der Waals surface area contributed by atoms with Gasteiger partial charge in [0.25, 0.3) is 0 Å². The SMILES string of the molecule is CC.CC.CC.CC=CCC.CC=O.CC=O.CC=O.CCC(C)=O.CCc1ncn[nH]1. The number of allylic oxidation sites excluding steroid dienone is 2. The molecule has 0 saturated carbocycles. The van der Waals surface area contributed by atoms with Gasteiger partial charge >= 0.3 is 0 Å². The summed E-state index contributed by atoms with van der Waals surface area (Å²) < 4.78 is 0. The molecule has 1 heterocycles. The molecular weight excluding hydrogens is 406 g/mol. The molecule has 7 nitrogen and oxygen atoms in total. The Hall–Kier alpha value is -2.44. The van der Waals surface area contributed by atoms with Gasteiger partial charge in [0.2, 0.25) is 0 Å². The van der Waals surface area contributed by atoms with E-state index in [1.165, 1.54) is 27.1 Å². The first-order chi connectivity index (χ1) is 15.4. The molecule has 0 atom stereocenters. The van der Waals surface area contributed by atoms with Gasteiger partial charge in [-0.1, -0.05) is 74.5 Å². The highest BCUT2D eigenvalue weighted by Crippen LogP contribution is 1.82. The number of carbonyl (C=O) groups is 4. The lowest BCUT2D eigenvalue weighted by Crippen LogP contribution is -1.80. The molecule has 0 spiro atoms. The highest BCUT2D eigenvalue weighted by molar-refractivity contribution is 5.74. The molecular formula is C25H55N3O4. The second-order valence-corrected chi connectivity index (χ2v) is 4.03. The van der Waals surface area contributed by atoms with Crippen LogP contribution in [0.2, 0.25) is 0 Å². The second-order valence-electron chi connectivity index (χ2n) is 4.03. The third-order valence-corrected chi connectivity index (χ3v) is 1.77. The normalized spacial score (nSPS) is 6.56. The van der Waals surface area contributed by atoms with Crippen molar-refractivity contribution in [3.05, 3.63) is 24.3 Å². The maximum atomic E-state index is 9.81. The van der Waals surface area contributed by atoms with Crippen LogP contribution >= 0.6 is 0 Å². The average molecular weight is 462 g/mol. The number of nitrogens with zero attached hydrogens (tertiary/aromatic N) is 2. The molecule has 0 unspecified atom stereocenters. The lowest BCUT2D eigenvalue weighted by atomic mass is 10.4. The van der Waals surface area contributed by atoms with Crippen LogP contribution in [-0.4, -0.2) is 39.8 Å². The number of aryl methyl sites for hydroxylation is 1. The summed E-state index contributed by atoms with van der Waals surface area (Å²) in [6.45, 7) is 26.0. The fourth-order valence-electron chi connectivity index (χ4n) is 0.637. The molecule has 0 saturated heterocycles. The Morgan fingerprint density at radius 1 is 0.844 bits per heavy atom.